The Hall–Kier alpha value is -1.81. The van der Waals surface area contributed by atoms with Gasteiger partial charge in [0.1, 0.15) is 11.0 Å². The van der Waals surface area contributed by atoms with Crippen LogP contribution in [0.1, 0.15) is 20.8 Å². The number of hydrogen-bond donors (Lipinski definition) is 2. The number of nitrogens with zero attached hydrogens (tertiary/aromatic N) is 2. The summed E-state index contributed by atoms with van der Waals surface area (Å²) in [6.07, 6.45) is 1.37. The van der Waals surface area contributed by atoms with Gasteiger partial charge in [-0.2, -0.15) is 0 Å². The van der Waals surface area contributed by atoms with Crippen LogP contribution in [-0.4, -0.2) is 15.8 Å². The Kier molecular flexibility index (Phi) is 3.86. The van der Waals surface area contributed by atoms with Gasteiger partial charge >= 0.3 is 5.95 Å². The molecule has 1 aromatic carbocycles. The van der Waals surface area contributed by atoms with Crippen molar-refractivity contribution < 1.29 is 9.67 Å². The van der Waals surface area contributed by atoms with Gasteiger partial charge in [-0.05, 0) is 17.5 Å². The minimum atomic E-state index is -0.460. The lowest BCUT2D eigenvalue weighted by Gasteiger charge is -2.24. The van der Waals surface area contributed by atoms with E-state index in [1.54, 1.807) is 0 Å². The maximum absolute atomic E-state index is 10.4. The van der Waals surface area contributed by atoms with E-state index in [-0.39, 0.29) is 5.41 Å². The highest BCUT2D eigenvalue weighted by atomic mass is 16.3. The molecule has 1 aromatic heterocycles. The standard InChI is InChI=1S/C16H23N3O/c1-5-10-18-12-8-6-7-9-13(12)19(15(18)17)11-14(20)16(2,3)4/h5-9,14,17,20H,1,10-11H2,2-4H3/p+1/t14-/m1/s1. The van der Waals surface area contributed by atoms with Crippen molar-refractivity contribution in [2.24, 2.45) is 5.41 Å². The predicted octanol–water partition coefficient (Wildman–Crippen LogP) is 2.10. The third-order valence-corrected chi connectivity index (χ3v) is 3.68. The van der Waals surface area contributed by atoms with Crippen LogP contribution >= 0.6 is 0 Å². The van der Waals surface area contributed by atoms with E-state index in [0.29, 0.717) is 19.0 Å². The second-order valence-corrected chi connectivity index (χ2v) is 6.24. The molecule has 0 bridgehead atoms. The maximum atomic E-state index is 10.4. The number of aromatic nitrogens is 2. The molecule has 1 heterocycles. The van der Waals surface area contributed by atoms with Crippen molar-refractivity contribution in [1.29, 1.82) is 0 Å². The summed E-state index contributed by atoms with van der Waals surface area (Å²) in [5, 5.41) is 10.4. The number of benzene rings is 1. The second-order valence-electron chi connectivity index (χ2n) is 6.24. The quantitative estimate of drug-likeness (QED) is 0.662. The zero-order valence-electron chi connectivity index (χ0n) is 12.5. The van der Waals surface area contributed by atoms with Crippen LogP contribution in [0.5, 0.6) is 0 Å². The number of allylic oxidation sites excluding steroid dienone is 1. The SMILES string of the molecule is C=CCn1c(N)[n+](C[C@@H](O)C(C)(C)C)c2ccccc21. The molecule has 0 aliphatic carbocycles. The van der Waals surface area contributed by atoms with E-state index in [2.05, 4.69) is 6.58 Å². The summed E-state index contributed by atoms with van der Waals surface area (Å²) in [5.41, 5.74) is 8.18. The lowest BCUT2D eigenvalue weighted by atomic mass is 9.89. The van der Waals surface area contributed by atoms with Gasteiger partial charge in [-0.1, -0.05) is 45.6 Å². The largest absolute Gasteiger partial charge is 0.389 e. The first-order valence-electron chi connectivity index (χ1n) is 6.91. The summed E-state index contributed by atoms with van der Waals surface area (Å²) in [7, 11) is 0. The third-order valence-electron chi connectivity index (χ3n) is 3.68. The number of imidazole rings is 1. The number of aliphatic hydroxyl groups excluding tert-OH is 1. The molecule has 0 spiro atoms. The molecule has 108 valence electrons. The molecule has 4 nitrogen and oxygen atoms in total. The Morgan fingerprint density at radius 3 is 2.65 bits per heavy atom. The molecule has 0 radical (unpaired) electrons. The lowest BCUT2D eigenvalue weighted by Crippen LogP contribution is -2.46. The van der Waals surface area contributed by atoms with Crippen LogP contribution in [0.15, 0.2) is 36.9 Å². The first-order chi connectivity index (χ1) is 9.36. The Balaban J connectivity index is 2.53. The molecule has 4 heteroatoms. The van der Waals surface area contributed by atoms with Crippen molar-refractivity contribution in [3.05, 3.63) is 36.9 Å². The number of anilines is 1. The number of para-hydroxylation sites is 2. The van der Waals surface area contributed by atoms with E-state index >= 15 is 0 Å². The van der Waals surface area contributed by atoms with E-state index < -0.39 is 6.10 Å². The predicted molar refractivity (Wildman–Crippen MR) is 82.2 cm³/mol. The van der Waals surface area contributed by atoms with Crippen molar-refractivity contribution in [3.63, 3.8) is 0 Å². The van der Waals surface area contributed by atoms with Crippen LogP contribution < -0.4 is 10.3 Å². The fraction of sp³-hybridized carbons (Fsp3) is 0.438. The summed E-state index contributed by atoms with van der Waals surface area (Å²) >= 11 is 0. The first-order valence-corrected chi connectivity index (χ1v) is 6.91. The molecule has 20 heavy (non-hydrogen) atoms. The molecular weight excluding hydrogens is 250 g/mol. The smallest absolute Gasteiger partial charge is 0.356 e. The highest BCUT2D eigenvalue weighted by Crippen LogP contribution is 2.21. The van der Waals surface area contributed by atoms with Crippen molar-refractivity contribution in [2.45, 2.75) is 40.0 Å². The number of nitrogens with two attached hydrogens (primary N) is 1. The van der Waals surface area contributed by atoms with Gasteiger partial charge in [0.15, 0.2) is 0 Å². The van der Waals surface area contributed by atoms with Gasteiger partial charge in [-0.25, -0.2) is 9.13 Å². The number of aliphatic hydroxyl groups is 1. The van der Waals surface area contributed by atoms with E-state index in [0.717, 1.165) is 11.0 Å². The van der Waals surface area contributed by atoms with Crippen molar-refractivity contribution in [3.8, 4) is 0 Å². The van der Waals surface area contributed by atoms with Crippen molar-refractivity contribution in [1.82, 2.24) is 4.57 Å². The van der Waals surface area contributed by atoms with Crippen LogP contribution in [-0.2, 0) is 13.1 Å². The van der Waals surface area contributed by atoms with Gasteiger partial charge < -0.3 is 5.11 Å². The fourth-order valence-electron chi connectivity index (χ4n) is 2.27. The normalized spacial score (nSPS) is 13.6. The molecule has 0 aliphatic rings. The Morgan fingerprint density at radius 1 is 1.40 bits per heavy atom. The third kappa shape index (κ3) is 2.56. The monoisotopic (exact) mass is 274 g/mol. The molecule has 0 fully saturated rings. The number of hydrogen-bond acceptors (Lipinski definition) is 2. The molecule has 0 unspecified atom stereocenters. The minimum Gasteiger partial charge on any atom is -0.389 e. The van der Waals surface area contributed by atoms with Gasteiger partial charge in [-0.3, -0.25) is 5.73 Å². The highest BCUT2D eigenvalue weighted by Gasteiger charge is 2.28. The Morgan fingerprint density at radius 2 is 2.05 bits per heavy atom. The molecule has 0 amide bonds. The van der Waals surface area contributed by atoms with E-state index in [9.17, 15) is 5.11 Å². The summed E-state index contributed by atoms with van der Waals surface area (Å²) in [5.74, 6) is 0.648. The molecule has 0 aliphatic heterocycles. The zero-order valence-corrected chi connectivity index (χ0v) is 12.5. The van der Waals surface area contributed by atoms with Gasteiger partial charge in [0, 0.05) is 0 Å². The van der Waals surface area contributed by atoms with Crippen LogP contribution in [0.2, 0.25) is 0 Å². The molecule has 1 atom stereocenters. The van der Waals surface area contributed by atoms with Crippen LogP contribution in [0, 0.1) is 5.41 Å². The molecule has 0 saturated heterocycles. The van der Waals surface area contributed by atoms with Crippen LogP contribution in [0.3, 0.4) is 0 Å². The number of rotatable bonds is 4. The molecular formula is C16H24N3O+. The lowest BCUT2D eigenvalue weighted by molar-refractivity contribution is -0.667. The molecule has 2 aromatic rings. The van der Waals surface area contributed by atoms with Crippen LogP contribution in [0.4, 0.5) is 5.95 Å². The average Bonchev–Trinajstić information content (AvgIpc) is 2.64. The molecule has 0 saturated carbocycles. The minimum absolute atomic E-state index is 0.179. The summed E-state index contributed by atoms with van der Waals surface area (Å²) in [6.45, 7) is 11.0. The van der Waals surface area contributed by atoms with E-state index in [1.165, 1.54) is 0 Å². The topological polar surface area (TPSA) is 55.1 Å². The Labute approximate surface area is 120 Å². The summed E-state index contributed by atoms with van der Waals surface area (Å²) in [6, 6.07) is 8.04. The van der Waals surface area contributed by atoms with Gasteiger partial charge in [-0.15, -0.1) is 0 Å². The maximum Gasteiger partial charge on any atom is 0.356 e. The van der Waals surface area contributed by atoms with Crippen LogP contribution in [0.25, 0.3) is 11.0 Å². The summed E-state index contributed by atoms with van der Waals surface area (Å²) < 4.78 is 3.99. The Bertz CT molecular complexity index is 622. The van der Waals surface area contributed by atoms with Crippen molar-refractivity contribution in [2.75, 3.05) is 5.73 Å². The number of fused-ring (bicyclic) bond motifs is 1. The highest BCUT2D eigenvalue weighted by molar-refractivity contribution is 5.73. The average molecular weight is 274 g/mol. The second kappa shape index (κ2) is 5.29. The molecule has 3 N–H and O–H groups in total. The van der Waals surface area contributed by atoms with Gasteiger partial charge in [0.2, 0.25) is 0 Å². The fourth-order valence-corrected chi connectivity index (χ4v) is 2.27. The van der Waals surface area contributed by atoms with E-state index in [1.807, 2.05) is 60.2 Å². The zero-order chi connectivity index (χ0) is 14.9. The van der Waals surface area contributed by atoms with Gasteiger partial charge in [0.05, 0.1) is 19.2 Å². The summed E-state index contributed by atoms with van der Waals surface area (Å²) in [4.78, 5) is 0. The van der Waals surface area contributed by atoms with Gasteiger partial charge in [0.25, 0.3) is 0 Å². The first kappa shape index (κ1) is 14.6. The molecule has 2 rings (SSSR count). The van der Waals surface area contributed by atoms with Crippen molar-refractivity contribution >= 4 is 17.0 Å². The van der Waals surface area contributed by atoms with E-state index in [4.69, 9.17) is 5.73 Å². The number of nitrogen functional groups attached to an aromatic ring is 1.